The molecule has 0 bridgehead atoms. The molecule has 144 valence electrons. The van der Waals surface area contributed by atoms with E-state index in [4.69, 9.17) is 4.74 Å². The van der Waals surface area contributed by atoms with Gasteiger partial charge in [-0.25, -0.2) is 8.42 Å². The van der Waals surface area contributed by atoms with Crippen LogP contribution in [0.15, 0.2) is 36.4 Å². The zero-order valence-electron chi connectivity index (χ0n) is 15.8. The second-order valence-electron chi connectivity index (χ2n) is 6.71. The summed E-state index contributed by atoms with van der Waals surface area (Å²) in [6, 6.07) is 10.7. The van der Waals surface area contributed by atoms with Crippen LogP contribution in [0.4, 0.5) is 11.4 Å². The largest absolute Gasteiger partial charge is 0.494 e. The Kier molecular flexibility index (Phi) is 5.41. The van der Waals surface area contributed by atoms with Gasteiger partial charge in [0.2, 0.25) is 10.0 Å². The van der Waals surface area contributed by atoms with Gasteiger partial charge >= 0.3 is 0 Å². The summed E-state index contributed by atoms with van der Waals surface area (Å²) in [7, 11) is -3.29. The van der Waals surface area contributed by atoms with Crippen molar-refractivity contribution in [2.24, 2.45) is 0 Å². The van der Waals surface area contributed by atoms with Gasteiger partial charge in [-0.15, -0.1) is 0 Å². The van der Waals surface area contributed by atoms with Gasteiger partial charge in [0, 0.05) is 17.8 Å². The van der Waals surface area contributed by atoms with Crippen LogP contribution in [0, 0.1) is 6.92 Å². The van der Waals surface area contributed by atoms with Crippen LogP contribution in [0.5, 0.6) is 5.75 Å². The number of amides is 1. The summed E-state index contributed by atoms with van der Waals surface area (Å²) < 4.78 is 30.6. The van der Waals surface area contributed by atoms with E-state index in [1.54, 1.807) is 18.2 Å². The molecular weight excluding hydrogens is 364 g/mol. The second-order valence-corrected chi connectivity index (χ2v) is 8.61. The smallest absolute Gasteiger partial charge is 0.255 e. The molecule has 2 aromatic rings. The third-order valence-electron chi connectivity index (χ3n) is 4.51. The van der Waals surface area contributed by atoms with E-state index in [0.717, 1.165) is 29.0 Å². The summed E-state index contributed by atoms with van der Waals surface area (Å²) in [4.78, 5) is 12.6. The predicted octanol–water partition coefficient (Wildman–Crippen LogP) is 3.36. The first kappa shape index (κ1) is 19.2. The number of carbonyl (C=O) groups excluding carboxylic acids is 1. The van der Waals surface area contributed by atoms with E-state index in [-0.39, 0.29) is 5.91 Å². The first-order valence-electron chi connectivity index (χ1n) is 8.95. The van der Waals surface area contributed by atoms with Crippen LogP contribution in [-0.2, 0) is 16.4 Å². The Morgan fingerprint density at radius 2 is 2.00 bits per heavy atom. The minimum atomic E-state index is -3.29. The Balaban J connectivity index is 1.76. The number of rotatable bonds is 6. The summed E-state index contributed by atoms with van der Waals surface area (Å²) in [5, 5.41) is 2.92. The van der Waals surface area contributed by atoms with Gasteiger partial charge < -0.3 is 10.1 Å². The number of ether oxygens (including phenoxy) is 1. The average Bonchev–Trinajstić information content (AvgIpc) is 3.05. The fraction of sp³-hybridized carbons (Fsp3) is 0.350. The normalized spacial score (nSPS) is 13.4. The molecular formula is C20H24N2O4S. The highest BCUT2D eigenvalue weighted by Gasteiger charge is 2.26. The van der Waals surface area contributed by atoms with Crippen molar-refractivity contribution in [2.75, 3.05) is 29.0 Å². The minimum Gasteiger partial charge on any atom is -0.494 e. The van der Waals surface area contributed by atoms with E-state index >= 15 is 0 Å². The molecule has 0 unspecified atom stereocenters. The molecule has 6 nitrogen and oxygen atoms in total. The highest BCUT2D eigenvalue weighted by atomic mass is 32.2. The molecule has 1 aliphatic rings. The van der Waals surface area contributed by atoms with E-state index < -0.39 is 10.0 Å². The van der Waals surface area contributed by atoms with Crippen molar-refractivity contribution in [2.45, 2.75) is 26.7 Å². The van der Waals surface area contributed by atoms with E-state index in [2.05, 4.69) is 5.32 Å². The number of anilines is 2. The maximum absolute atomic E-state index is 12.6. The first-order valence-corrected chi connectivity index (χ1v) is 10.8. The first-order chi connectivity index (χ1) is 12.8. The number of hydrogen-bond acceptors (Lipinski definition) is 4. The summed E-state index contributed by atoms with van der Waals surface area (Å²) in [6.45, 7) is 5.04. The second kappa shape index (κ2) is 7.60. The molecule has 0 saturated carbocycles. The molecule has 0 radical (unpaired) electrons. The molecule has 0 spiro atoms. The van der Waals surface area contributed by atoms with E-state index in [9.17, 15) is 13.2 Å². The van der Waals surface area contributed by atoms with E-state index in [1.807, 2.05) is 32.0 Å². The summed E-state index contributed by atoms with van der Waals surface area (Å²) >= 11 is 0. The number of hydrogen-bond donors (Lipinski definition) is 1. The van der Waals surface area contributed by atoms with Crippen LogP contribution in [0.1, 0.15) is 34.8 Å². The number of nitrogens with zero attached hydrogens (tertiary/aromatic N) is 1. The zero-order chi connectivity index (χ0) is 19.6. The third kappa shape index (κ3) is 4.24. The molecule has 0 fully saturated rings. The number of benzene rings is 2. The van der Waals surface area contributed by atoms with Gasteiger partial charge in [-0.05, 0) is 67.3 Å². The third-order valence-corrected chi connectivity index (χ3v) is 5.69. The number of carbonyl (C=O) groups is 1. The van der Waals surface area contributed by atoms with Gasteiger partial charge in [-0.1, -0.05) is 6.92 Å². The molecule has 1 aliphatic heterocycles. The van der Waals surface area contributed by atoms with Gasteiger partial charge in [-0.2, -0.15) is 0 Å². The van der Waals surface area contributed by atoms with Crippen LogP contribution in [-0.4, -0.2) is 33.7 Å². The topological polar surface area (TPSA) is 75.7 Å². The molecule has 1 amide bonds. The quantitative estimate of drug-likeness (QED) is 0.823. The summed E-state index contributed by atoms with van der Waals surface area (Å²) in [6.07, 6.45) is 2.73. The molecule has 27 heavy (non-hydrogen) atoms. The Morgan fingerprint density at radius 3 is 2.67 bits per heavy atom. The lowest BCUT2D eigenvalue weighted by Crippen LogP contribution is -2.27. The van der Waals surface area contributed by atoms with Crippen molar-refractivity contribution in [3.63, 3.8) is 0 Å². The zero-order valence-corrected chi connectivity index (χ0v) is 16.6. The molecule has 1 heterocycles. The highest BCUT2D eigenvalue weighted by Crippen LogP contribution is 2.31. The number of fused-ring (bicyclic) bond motifs is 1. The van der Waals surface area contributed by atoms with Crippen molar-refractivity contribution in [1.29, 1.82) is 0 Å². The molecule has 0 atom stereocenters. The Hall–Kier alpha value is -2.54. The number of nitrogens with one attached hydrogen (secondary N) is 1. The standard InChI is InChI=1S/C20H24N2O4S/c1-4-11-26-17-6-7-18(14(2)12-17)21-20(23)16-5-8-19-15(13-16)9-10-22(19)27(3,24)25/h5-8,12-13H,4,9-11H2,1-3H3,(H,21,23). The van der Waals surface area contributed by atoms with Gasteiger partial charge in [0.05, 0.1) is 18.6 Å². The monoisotopic (exact) mass is 388 g/mol. The van der Waals surface area contributed by atoms with Crippen LogP contribution in [0.25, 0.3) is 0 Å². The lowest BCUT2D eigenvalue weighted by atomic mass is 10.1. The van der Waals surface area contributed by atoms with Crippen molar-refractivity contribution in [1.82, 2.24) is 0 Å². The number of sulfonamides is 1. The Labute approximate surface area is 160 Å². The molecule has 1 N–H and O–H groups in total. The van der Waals surface area contributed by atoms with Crippen molar-refractivity contribution in [3.8, 4) is 5.75 Å². The summed E-state index contributed by atoms with van der Waals surface area (Å²) in [5.41, 5.74) is 3.68. The number of aryl methyl sites for hydroxylation is 1. The van der Waals surface area contributed by atoms with Crippen LogP contribution < -0.4 is 14.4 Å². The van der Waals surface area contributed by atoms with Crippen LogP contribution >= 0.6 is 0 Å². The average molecular weight is 388 g/mol. The molecule has 3 rings (SSSR count). The lowest BCUT2D eigenvalue weighted by Gasteiger charge is -2.16. The van der Waals surface area contributed by atoms with E-state index in [0.29, 0.717) is 30.8 Å². The fourth-order valence-electron chi connectivity index (χ4n) is 3.14. The maximum Gasteiger partial charge on any atom is 0.255 e. The fourth-order valence-corrected chi connectivity index (χ4v) is 4.10. The lowest BCUT2D eigenvalue weighted by molar-refractivity contribution is 0.102. The molecule has 0 saturated heterocycles. The molecule has 7 heteroatoms. The highest BCUT2D eigenvalue weighted by molar-refractivity contribution is 7.92. The summed E-state index contributed by atoms with van der Waals surface area (Å²) in [5.74, 6) is 0.562. The van der Waals surface area contributed by atoms with Crippen molar-refractivity contribution in [3.05, 3.63) is 53.1 Å². The van der Waals surface area contributed by atoms with Crippen LogP contribution in [0.2, 0.25) is 0 Å². The Bertz CT molecular complexity index is 970. The molecule has 0 aromatic heterocycles. The van der Waals surface area contributed by atoms with Gasteiger partial charge in [0.15, 0.2) is 0 Å². The SMILES string of the molecule is CCCOc1ccc(NC(=O)c2ccc3c(c2)CCN3S(C)(=O)=O)c(C)c1. The maximum atomic E-state index is 12.6. The van der Waals surface area contributed by atoms with Gasteiger partial charge in [0.1, 0.15) is 5.75 Å². The van der Waals surface area contributed by atoms with E-state index in [1.165, 1.54) is 10.6 Å². The van der Waals surface area contributed by atoms with Gasteiger partial charge in [0.25, 0.3) is 5.91 Å². The van der Waals surface area contributed by atoms with Gasteiger partial charge in [-0.3, -0.25) is 9.10 Å². The van der Waals surface area contributed by atoms with Crippen LogP contribution in [0.3, 0.4) is 0 Å². The van der Waals surface area contributed by atoms with Crippen molar-refractivity contribution < 1.29 is 17.9 Å². The Morgan fingerprint density at radius 1 is 1.22 bits per heavy atom. The minimum absolute atomic E-state index is 0.221. The molecule has 2 aromatic carbocycles. The predicted molar refractivity (Wildman–Crippen MR) is 107 cm³/mol. The van der Waals surface area contributed by atoms with Crippen molar-refractivity contribution >= 4 is 27.3 Å². The molecule has 0 aliphatic carbocycles.